The highest BCUT2D eigenvalue weighted by Crippen LogP contribution is 2.52. The molecule has 6 heteroatoms. The summed E-state index contributed by atoms with van der Waals surface area (Å²) in [6.07, 6.45) is 0.940. The number of benzene rings is 2. The summed E-state index contributed by atoms with van der Waals surface area (Å²) in [5.41, 5.74) is 4.82. The number of para-hydroxylation sites is 1. The molecule has 1 aromatic heterocycles. The first-order chi connectivity index (χ1) is 14.3. The maximum Gasteiger partial charge on any atom is 0.274 e. The minimum absolute atomic E-state index is 0.0117. The summed E-state index contributed by atoms with van der Waals surface area (Å²) in [4.78, 5) is 16.6. The molecule has 148 valence electrons. The van der Waals surface area contributed by atoms with E-state index in [4.69, 9.17) is 9.84 Å². The zero-order valence-corrected chi connectivity index (χ0v) is 17.2. The van der Waals surface area contributed by atoms with Gasteiger partial charge < -0.3 is 9.64 Å². The number of hydrogen-bond acceptors (Lipinski definition) is 4. The molecule has 5 rings (SSSR count). The normalized spacial score (nSPS) is 18.2. The van der Waals surface area contributed by atoms with Crippen LogP contribution in [-0.4, -0.2) is 46.9 Å². The van der Waals surface area contributed by atoms with Gasteiger partial charge in [0.1, 0.15) is 0 Å². The van der Waals surface area contributed by atoms with E-state index in [1.807, 2.05) is 51.7 Å². The number of carbonyl (C=O) groups is 1. The predicted molar refractivity (Wildman–Crippen MR) is 115 cm³/mol. The maximum atomic E-state index is 13.5. The number of amides is 1. The third-order valence-corrected chi connectivity index (χ3v) is 6.99. The van der Waals surface area contributed by atoms with Gasteiger partial charge in [0, 0.05) is 34.4 Å². The third-order valence-electron chi connectivity index (χ3n) is 5.53. The Hall–Kier alpha value is -2.57. The second kappa shape index (κ2) is 7.69. The van der Waals surface area contributed by atoms with Crippen molar-refractivity contribution in [2.24, 2.45) is 0 Å². The quantitative estimate of drug-likeness (QED) is 0.640. The summed E-state index contributed by atoms with van der Waals surface area (Å²) >= 11 is 1.84. The lowest BCUT2D eigenvalue weighted by molar-refractivity contribution is 0.0298. The van der Waals surface area contributed by atoms with Crippen molar-refractivity contribution in [3.8, 4) is 16.9 Å². The van der Waals surface area contributed by atoms with Crippen molar-refractivity contribution in [2.75, 3.05) is 26.3 Å². The summed E-state index contributed by atoms with van der Waals surface area (Å²) in [5, 5.41) is 5.11. The van der Waals surface area contributed by atoms with E-state index in [1.165, 1.54) is 4.90 Å². The molecule has 1 atom stereocenters. The summed E-state index contributed by atoms with van der Waals surface area (Å²) < 4.78 is 7.40. The van der Waals surface area contributed by atoms with Crippen molar-refractivity contribution in [1.82, 2.24) is 14.7 Å². The lowest BCUT2D eigenvalue weighted by atomic mass is 9.99. The van der Waals surface area contributed by atoms with Gasteiger partial charge in [-0.25, -0.2) is 4.68 Å². The molecule has 1 saturated heterocycles. The Kier molecular flexibility index (Phi) is 4.89. The Morgan fingerprint density at radius 1 is 1.10 bits per heavy atom. The lowest BCUT2D eigenvalue weighted by Gasteiger charge is -2.28. The molecule has 29 heavy (non-hydrogen) atoms. The Balaban J connectivity index is 1.73. The van der Waals surface area contributed by atoms with E-state index in [1.54, 1.807) is 0 Å². The van der Waals surface area contributed by atoms with E-state index in [0.29, 0.717) is 32.0 Å². The van der Waals surface area contributed by atoms with Crippen LogP contribution in [-0.2, 0) is 4.74 Å². The fourth-order valence-electron chi connectivity index (χ4n) is 4.09. The number of nitrogens with zero attached hydrogens (tertiary/aromatic N) is 3. The molecule has 1 amide bonds. The van der Waals surface area contributed by atoms with Crippen LogP contribution in [0.4, 0.5) is 0 Å². The molecule has 1 unspecified atom stereocenters. The van der Waals surface area contributed by atoms with Crippen LogP contribution in [0, 0.1) is 0 Å². The Morgan fingerprint density at radius 2 is 1.83 bits per heavy atom. The highest BCUT2D eigenvalue weighted by Gasteiger charge is 2.36. The minimum atomic E-state index is 0.0117. The summed E-state index contributed by atoms with van der Waals surface area (Å²) in [6.45, 7) is 4.58. The Labute approximate surface area is 174 Å². The maximum absolute atomic E-state index is 13.5. The van der Waals surface area contributed by atoms with Crippen LogP contribution in [0.25, 0.3) is 16.9 Å². The number of carbonyl (C=O) groups excluding carboxylic acids is 1. The molecule has 3 heterocycles. The molecule has 1 fully saturated rings. The number of morpholine rings is 1. The molecule has 0 saturated carbocycles. The van der Waals surface area contributed by atoms with E-state index >= 15 is 0 Å². The number of aromatic nitrogens is 2. The monoisotopic (exact) mass is 405 g/mol. The average Bonchev–Trinajstić information content (AvgIpc) is 3.20. The molecular formula is C23H23N3O2S. The largest absolute Gasteiger partial charge is 0.378 e. The molecule has 2 aliphatic rings. The number of rotatable bonds is 3. The fourth-order valence-corrected chi connectivity index (χ4v) is 5.35. The standard InChI is InChI=1S/C23H23N3O2S/c1-2-18-20-21(23(27)25-12-14-28-15-13-25)24-26(16-8-4-3-5-9-16)22(20)17-10-6-7-11-19(17)29-18/h3-11,18H,2,12-15H2,1H3. The van der Waals surface area contributed by atoms with Crippen molar-refractivity contribution < 1.29 is 9.53 Å². The van der Waals surface area contributed by atoms with E-state index < -0.39 is 0 Å². The van der Waals surface area contributed by atoms with Crippen molar-refractivity contribution in [1.29, 1.82) is 0 Å². The molecule has 5 nitrogen and oxygen atoms in total. The molecule has 0 bridgehead atoms. The SMILES string of the molecule is CCC1Sc2ccccc2-c2c1c(C(=O)N1CCOCC1)nn2-c1ccccc1. The van der Waals surface area contributed by atoms with Crippen LogP contribution in [0.15, 0.2) is 59.5 Å². The molecule has 3 aromatic rings. The van der Waals surface area contributed by atoms with E-state index in [2.05, 4.69) is 31.2 Å². The van der Waals surface area contributed by atoms with Gasteiger partial charge >= 0.3 is 0 Å². The van der Waals surface area contributed by atoms with Crippen LogP contribution >= 0.6 is 11.8 Å². The van der Waals surface area contributed by atoms with E-state index in [0.717, 1.165) is 28.9 Å². The lowest BCUT2D eigenvalue weighted by Crippen LogP contribution is -2.41. The van der Waals surface area contributed by atoms with Gasteiger partial charge in [-0.3, -0.25) is 4.79 Å². The van der Waals surface area contributed by atoms with Gasteiger partial charge in [0.2, 0.25) is 0 Å². The smallest absolute Gasteiger partial charge is 0.274 e. The molecule has 0 radical (unpaired) electrons. The van der Waals surface area contributed by atoms with Crippen LogP contribution in [0.5, 0.6) is 0 Å². The summed E-state index contributed by atoms with van der Waals surface area (Å²) in [5.74, 6) is 0.0117. The van der Waals surface area contributed by atoms with E-state index in [9.17, 15) is 4.79 Å². The van der Waals surface area contributed by atoms with Gasteiger partial charge in [0.25, 0.3) is 5.91 Å². The summed E-state index contributed by atoms with van der Waals surface area (Å²) in [6, 6.07) is 18.5. The number of fused-ring (bicyclic) bond motifs is 3. The fraction of sp³-hybridized carbons (Fsp3) is 0.304. The Bertz CT molecular complexity index is 1040. The number of ether oxygens (including phenoxy) is 1. The Morgan fingerprint density at radius 3 is 2.59 bits per heavy atom. The van der Waals surface area contributed by atoms with Crippen molar-refractivity contribution in [3.63, 3.8) is 0 Å². The zero-order valence-electron chi connectivity index (χ0n) is 16.4. The van der Waals surface area contributed by atoms with Crippen LogP contribution in [0.2, 0.25) is 0 Å². The molecule has 2 aliphatic heterocycles. The van der Waals surface area contributed by atoms with Gasteiger partial charge in [-0.15, -0.1) is 11.8 Å². The molecule has 0 aliphatic carbocycles. The van der Waals surface area contributed by atoms with Crippen molar-refractivity contribution in [3.05, 3.63) is 65.9 Å². The minimum Gasteiger partial charge on any atom is -0.378 e. The van der Waals surface area contributed by atoms with E-state index in [-0.39, 0.29) is 11.2 Å². The van der Waals surface area contributed by atoms with Gasteiger partial charge in [-0.05, 0) is 24.6 Å². The van der Waals surface area contributed by atoms with Gasteiger partial charge in [-0.1, -0.05) is 43.3 Å². The molecule has 2 aromatic carbocycles. The summed E-state index contributed by atoms with van der Waals surface area (Å²) in [7, 11) is 0. The van der Waals surface area contributed by atoms with Gasteiger partial charge in [-0.2, -0.15) is 5.10 Å². The van der Waals surface area contributed by atoms with Crippen molar-refractivity contribution in [2.45, 2.75) is 23.5 Å². The highest BCUT2D eigenvalue weighted by molar-refractivity contribution is 7.99. The molecular weight excluding hydrogens is 382 g/mol. The molecule has 0 spiro atoms. The third kappa shape index (κ3) is 3.16. The average molecular weight is 406 g/mol. The van der Waals surface area contributed by atoms with Crippen LogP contribution < -0.4 is 0 Å². The highest BCUT2D eigenvalue weighted by atomic mass is 32.2. The van der Waals surface area contributed by atoms with Crippen LogP contribution in [0.3, 0.4) is 0 Å². The first kappa shape index (κ1) is 18.5. The van der Waals surface area contributed by atoms with Gasteiger partial charge in [0.05, 0.1) is 24.6 Å². The second-order valence-corrected chi connectivity index (χ2v) is 8.52. The molecule has 0 N–H and O–H groups in total. The first-order valence-corrected chi connectivity index (χ1v) is 11.0. The van der Waals surface area contributed by atoms with Crippen LogP contribution in [0.1, 0.15) is 34.6 Å². The topological polar surface area (TPSA) is 47.4 Å². The van der Waals surface area contributed by atoms with Gasteiger partial charge in [0.15, 0.2) is 5.69 Å². The first-order valence-electron chi connectivity index (χ1n) is 10.1. The zero-order chi connectivity index (χ0) is 19.8. The predicted octanol–water partition coefficient (Wildman–Crippen LogP) is 4.57. The number of hydrogen-bond donors (Lipinski definition) is 0. The number of thioether (sulfide) groups is 1. The second-order valence-electron chi connectivity index (χ2n) is 7.27. The van der Waals surface area contributed by atoms with Crippen molar-refractivity contribution >= 4 is 17.7 Å².